The molecule has 0 unspecified atom stereocenters. The summed E-state index contributed by atoms with van der Waals surface area (Å²) in [7, 11) is 3.18. The topological polar surface area (TPSA) is 38.8 Å². The highest BCUT2D eigenvalue weighted by Gasteiger charge is 2.16. The van der Waals surface area contributed by atoms with Gasteiger partial charge in [0, 0.05) is 19.0 Å². The number of rotatable bonds is 6. The molecule has 0 aliphatic carbocycles. The highest BCUT2D eigenvalue weighted by atomic mass is 16.5. The fourth-order valence-corrected chi connectivity index (χ4v) is 2.43. The van der Waals surface area contributed by atoms with Crippen LogP contribution in [0, 0.1) is 0 Å². The van der Waals surface area contributed by atoms with Crippen LogP contribution >= 0.6 is 0 Å². The fraction of sp³-hybridized carbons (Fsp3) is 0.533. The summed E-state index contributed by atoms with van der Waals surface area (Å²) in [6.45, 7) is 3.08. The molecule has 4 heteroatoms. The summed E-state index contributed by atoms with van der Waals surface area (Å²) in [4.78, 5) is 14.6. The lowest BCUT2D eigenvalue weighted by Crippen LogP contribution is -2.22. The Balaban J connectivity index is 2.01. The third kappa shape index (κ3) is 3.47. The Morgan fingerprint density at radius 2 is 1.95 bits per heavy atom. The van der Waals surface area contributed by atoms with Crippen molar-refractivity contribution in [2.24, 2.45) is 0 Å². The van der Waals surface area contributed by atoms with Crippen LogP contribution in [0.5, 0.6) is 11.5 Å². The van der Waals surface area contributed by atoms with E-state index >= 15 is 0 Å². The minimum Gasteiger partial charge on any atom is -0.497 e. The van der Waals surface area contributed by atoms with E-state index in [1.54, 1.807) is 32.4 Å². The number of benzene rings is 1. The summed E-state index contributed by atoms with van der Waals surface area (Å²) >= 11 is 0. The van der Waals surface area contributed by atoms with Crippen molar-refractivity contribution in [3.63, 3.8) is 0 Å². The Labute approximate surface area is 114 Å². The number of Topliss-reactive ketones (excluding diaryl/α,β-unsaturated/α-hetero) is 1. The van der Waals surface area contributed by atoms with E-state index in [0.717, 1.165) is 19.6 Å². The van der Waals surface area contributed by atoms with E-state index in [9.17, 15) is 4.79 Å². The Morgan fingerprint density at radius 1 is 1.21 bits per heavy atom. The minimum atomic E-state index is 0.131. The molecule has 0 N–H and O–H groups in total. The van der Waals surface area contributed by atoms with Crippen LogP contribution in [0.1, 0.15) is 29.6 Å². The first-order chi connectivity index (χ1) is 9.24. The number of hydrogen-bond donors (Lipinski definition) is 0. The summed E-state index contributed by atoms with van der Waals surface area (Å²) < 4.78 is 10.4. The lowest BCUT2D eigenvalue weighted by atomic mass is 10.1. The molecule has 1 fully saturated rings. The standard InChI is InChI=1S/C15H21NO3/c1-18-12-5-6-13(15(11-12)19-2)14(17)7-10-16-8-3-4-9-16/h5-6,11H,3-4,7-10H2,1-2H3. The second-order valence-corrected chi connectivity index (χ2v) is 4.79. The van der Waals surface area contributed by atoms with Gasteiger partial charge in [-0.25, -0.2) is 0 Å². The van der Waals surface area contributed by atoms with Gasteiger partial charge in [0.25, 0.3) is 0 Å². The van der Waals surface area contributed by atoms with E-state index in [-0.39, 0.29) is 5.78 Å². The molecule has 104 valence electrons. The van der Waals surface area contributed by atoms with Crippen LogP contribution in [0.15, 0.2) is 18.2 Å². The van der Waals surface area contributed by atoms with E-state index in [2.05, 4.69) is 4.90 Å². The van der Waals surface area contributed by atoms with Gasteiger partial charge in [-0.3, -0.25) is 4.79 Å². The van der Waals surface area contributed by atoms with Crippen LogP contribution in [-0.4, -0.2) is 44.5 Å². The normalized spacial score (nSPS) is 15.5. The molecule has 1 aliphatic heterocycles. The number of carbonyl (C=O) groups is 1. The van der Waals surface area contributed by atoms with Gasteiger partial charge in [0.05, 0.1) is 19.8 Å². The Bertz CT molecular complexity index is 439. The number of nitrogens with zero attached hydrogens (tertiary/aromatic N) is 1. The van der Waals surface area contributed by atoms with Crippen molar-refractivity contribution in [1.82, 2.24) is 4.90 Å². The van der Waals surface area contributed by atoms with E-state index in [1.165, 1.54) is 12.8 Å². The number of methoxy groups -OCH3 is 2. The number of carbonyl (C=O) groups excluding carboxylic acids is 1. The SMILES string of the molecule is COc1ccc(C(=O)CCN2CCCC2)c(OC)c1. The molecular formula is C15H21NO3. The first kappa shape index (κ1) is 13.9. The van der Waals surface area contributed by atoms with Crippen molar-refractivity contribution < 1.29 is 14.3 Å². The average molecular weight is 263 g/mol. The van der Waals surface area contributed by atoms with Crippen molar-refractivity contribution in [3.8, 4) is 11.5 Å². The molecule has 1 heterocycles. The van der Waals surface area contributed by atoms with Crippen molar-refractivity contribution in [1.29, 1.82) is 0 Å². The number of hydrogen-bond acceptors (Lipinski definition) is 4. The van der Waals surface area contributed by atoms with E-state index < -0.39 is 0 Å². The number of ketones is 1. The Hall–Kier alpha value is -1.55. The van der Waals surface area contributed by atoms with Crippen LogP contribution in [0.25, 0.3) is 0 Å². The molecule has 19 heavy (non-hydrogen) atoms. The van der Waals surface area contributed by atoms with E-state index in [0.29, 0.717) is 23.5 Å². The molecule has 1 aliphatic rings. The monoisotopic (exact) mass is 263 g/mol. The molecule has 1 aromatic rings. The molecule has 0 atom stereocenters. The van der Waals surface area contributed by atoms with Gasteiger partial charge in [-0.15, -0.1) is 0 Å². The lowest BCUT2D eigenvalue weighted by Gasteiger charge is -2.14. The summed E-state index contributed by atoms with van der Waals surface area (Å²) in [6.07, 6.45) is 3.04. The zero-order valence-electron chi connectivity index (χ0n) is 11.6. The maximum absolute atomic E-state index is 12.2. The van der Waals surface area contributed by atoms with Gasteiger partial charge in [0.1, 0.15) is 11.5 Å². The molecule has 2 rings (SSSR count). The highest BCUT2D eigenvalue weighted by molar-refractivity contribution is 5.99. The van der Waals surface area contributed by atoms with E-state index in [1.807, 2.05) is 0 Å². The van der Waals surface area contributed by atoms with Crippen LogP contribution in [0.4, 0.5) is 0 Å². The number of ether oxygens (including phenoxy) is 2. The third-order valence-electron chi connectivity index (χ3n) is 3.56. The molecule has 0 spiro atoms. The zero-order chi connectivity index (χ0) is 13.7. The van der Waals surface area contributed by atoms with Gasteiger partial charge in [-0.2, -0.15) is 0 Å². The zero-order valence-corrected chi connectivity index (χ0v) is 11.6. The summed E-state index contributed by atoms with van der Waals surface area (Å²) in [6, 6.07) is 5.33. The summed E-state index contributed by atoms with van der Waals surface area (Å²) in [5.41, 5.74) is 0.641. The second kappa shape index (κ2) is 6.57. The molecule has 0 amide bonds. The van der Waals surface area contributed by atoms with Gasteiger partial charge in [-0.05, 0) is 38.1 Å². The smallest absolute Gasteiger partial charge is 0.167 e. The van der Waals surface area contributed by atoms with Crippen molar-refractivity contribution >= 4 is 5.78 Å². The predicted molar refractivity (Wildman–Crippen MR) is 74.2 cm³/mol. The van der Waals surface area contributed by atoms with E-state index in [4.69, 9.17) is 9.47 Å². The summed E-state index contributed by atoms with van der Waals surface area (Å²) in [5.74, 6) is 1.42. The number of likely N-dealkylation sites (tertiary alicyclic amines) is 1. The summed E-state index contributed by atoms with van der Waals surface area (Å²) in [5, 5.41) is 0. The van der Waals surface area contributed by atoms with Crippen LogP contribution in [0.2, 0.25) is 0 Å². The largest absolute Gasteiger partial charge is 0.497 e. The van der Waals surface area contributed by atoms with Gasteiger partial charge in [0.2, 0.25) is 0 Å². The minimum absolute atomic E-state index is 0.131. The molecule has 0 saturated carbocycles. The lowest BCUT2D eigenvalue weighted by molar-refractivity contribution is 0.0966. The predicted octanol–water partition coefficient (Wildman–Crippen LogP) is 2.37. The van der Waals surface area contributed by atoms with Crippen molar-refractivity contribution in [2.75, 3.05) is 33.9 Å². The van der Waals surface area contributed by atoms with Crippen LogP contribution < -0.4 is 9.47 Å². The van der Waals surface area contributed by atoms with Crippen LogP contribution in [0.3, 0.4) is 0 Å². The van der Waals surface area contributed by atoms with Gasteiger partial charge in [0.15, 0.2) is 5.78 Å². The maximum Gasteiger partial charge on any atom is 0.167 e. The quantitative estimate of drug-likeness (QED) is 0.739. The fourth-order valence-electron chi connectivity index (χ4n) is 2.43. The van der Waals surface area contributed by atoms with Gasteiger partial charge in [-0.1, -0.05) is 0 Å². The molecule has 1 aromatic carbocycles. The average Bonchev–Trinajstić information content (AvgIpc) is 2.97. The molecule has 0 aromatic heterocycles. The van der Waals surface area contributed by atoms with Crippen molar-refractivity contribution in [2.45, 2.75) is 19.3 Å². The second-order valence-electron chi connectivity index (χ2n) is 4.79. The van der Waals surface area contributed by atoms with Crippen LogP contribution in [-0.2, 0) is 0 Å². The third-order valence-corrected chi connectivity index (χ3v) is 3.56. The molecule has 4 nitrogen and oxygen atoms in total. The molecule has 0 bridgehead atoms. The first-order valence-corrected chi connectivity index (χ1v) is 6.72. The first-order valence-electron chi connectivity index (χ1n) is 6.72. The van der Waals surface area contributed by atoms with Crippen molar-refractivity contribution in [3.05, 3.63) is 23.8 Å². The maximum atomic E-state index is 12.2. The Morgan fingerprint density at radius 3 is 2.58 bits per heavy atom. The molecule has 1 saturated heterocycles. The molecule has 0 radical (unpaired) electrons. The van der Waals surface area contributed by atoms with Gasteiger partial charge >= 0.3 is 0 Å². The van der Waals surface area contributed by atoms with Gasteiger partial charge < -0.3 is 14.4 Å². The molecular weight excluding hydrogens is 242 g/mol. The Kier molecular flexibility index (Phi) is 4.80. The highest BCUT2D eigenvalue weighted by Crippen LogP contribution is 2.25.